The summed E-state index contributed by atoms with van der Waals surface area (Å²) in [6, 6.07) is 11.4. The molecule has 0 saturated carbocycles. The van der Waals surface area contributed by atoms with Gasteiger partial charge in [0.2, 0.25) is 0 Å². The maximum absolute atomic E-state index is 13.0. The van der Waals surface area contributed by atoms with Gasteiger partial charge in [0.1, 0.15) is 12.4 Å². The van der Waals surface area contributed by atoms with Gasteiger partial charge in [-0.2, -0.15) is 0 Å². The first-order chi connectivity index (χ1) is 9.54. The van der Waals surface area contributed by atoms with E-state index in [-0.39, 0.29) is 12.6 Å². The topological polar surface area (TPSA) is 35.2 Å². The van der Waals surface area contributed by atoms with Crippen molar-refractivity contribution in [2.45, 2.75) is 26.0 Å². The molecule has 0 saturated heterocycles. The highest BCUT2D eigenvalue weighted by molar-refractivity contribution is 5.28. The zero-order chi connectivity index (χ0) is 14.5. The van der Waals surface area contributed by atoms with Crippen LogP contribution in [-0.4, -0.2) is 6.04 Å². The summed E-state index contributed by atoms with van der Waals surface area (Å²) >= 11 is 0. The summed E-state index contributed by atoms with van der Waals surface area (Å²) < 4.78 is 31.3. The zero-order valence-corrected chi connectivity index (χ0v) is 11.3. The minimum atomic E-state index is -0.863. The lowest BCUT2D eigenvalue weighted by Gasteiger charge is -2.09. The molecule has 0 aromatic heterocycles. The third kappa shape index (κ3) is 4.03. The molecule has 20 heavy (non-hydrogen) atoms. The Balaban J connectivity index is 1.95. The fourth-order valence-corrected chi connectivity index (χ4v) is 1.89. The molecule has 2 aromatic carbocycles. The van der Waals surface area contributed by atoms with Crippen LogP contribution in [0.15, 0.2) is 42.5 Å². The van der Waals surface area contributed by atoms with E-state index in [9.17, 15) is 8.78 Å². The van der Waals surface area contributed by atoms with Crippen molar-refractivity contribution in [2.75, 3.05) is 0 Å². The third-order valence-corrected chi connectivity index (χ3v) is 2.87. The lowest BCUT2D eigenvalue weighted by atomic mass is 10.1. The molecule has 0 spiro atoms. The highest BCUT2D eigenvalue weighted by Gasteiger charge is 2.03. The van der Waals surface area contributed by atoms with Crippen molar-refractivity contribution in [3.05, 3.63) is 65.2 Å². The largest absolute Gasteiger partial charge is 0.489 e. The zero-order valence-electron chi connectivity index (χ0n) is 11.3. The van der Waals surface area contributed by atoms with Crippen molar-refractivity contribution < 1.29 is 13.5 Å². The number of hydrogen-bond acceptors (Lipinski definition) is 2. The van der Waals surface area contributed by atoms with Gasteiger partial charge in [-0.25, -0.2) is 8.78 Å². The van der Waals surface area contributed by atoms with Crippen molar-refractivity contribution in [2.24, 2.45) is 5.73 Å². The number of nitrogens with two attached hydrogens (primary N) is 1. The highest BCUT2D eigenvalue weighted by Crippen LogP contribution is 2.16. The molecule has 1 unspecified atom stereocenters. The molecule has 0 fully saturated rings. The van der Waals surface area contributed by atoms with Gasteiger partial charge in [0.15, 0.2) is 11.6 Å². The summed E-state index contributed by atoms with van der Waals surface area (Å²) in [6.07, 6.45) is 0.809. The third-order valence-electron chi connectivity index (χ3n) is 2.87. The molecule has 0 aliphatic carbocycles. The van der Waals surface area contributed by atoms with Crippen LogP contribution in [0.1, 0.15) is 18.1 Å². The lowest BCUT2D eigenvalue weighted by molar-refractivity contribution is 0.305. The molecule has 0 aliphatic rings. The Morgan fingerprint density at radius 2 is 1.65 bits per heavy atom. The molecule has 0 bridgehead atoms. The fourth-order valence-electron chi connectivity index (χ4n) is 1.89. The SMILES string of the molecule is CC(N)Cc1ccc(OCc2ccc(F)c(F)c2)cc1. The van der Waals surface area contributed by atoms with E-state index in [0.717, 1.165) is 24.1 Å². The van der Waals surface area contributed by atoms with Crippen LogP contribution in [0.2, 0.25) is 0 Å². The van der Waals surface area contributed by atoms with Crippen molar-refractivity contribution in [3.8, 4) is 5.75 Å². The van der Waals surface area contributed by atoms with E-state index in [1.54, 1.807) is 0 Å². The van der Waals surface area contributed by atoms with Gasteiger partial charge in [0.05, 0.1) is 0 Å². The standard InChI is InChI=1S/C16H17F2NO/c1-11(19)8-12-2-5-14(6-3-12)20-10-13-4-7-15(17)16(18)9-13/h2-7,9,11H,8,10,19H2,1H3. The monoisotopic (exact) mass is 277 g/mol. The van der Waals surface area contributed by atoms with Crippen LogP contribution in [0.5, 0.6) is 5.75 Å². The molecular formula is C16H17F2NO. The lowest BCUT2D eigenvalue weighted by Crippen LogP contribution is -2.17. The normalized spacial score (nSPS) is 12.2. The van der Waals surface area contributed by atoms with Crippen LogP contribution in [0, 0.1) is 11.6 Å². The molecule has 2 nitrogen and oxygen atoms in total. The summed E-state index contributed by atoms with van der Waals surface area (Å²) in [4.78, 5) is 0. The fraction of sp³-hybridized carbons (Fsp3) is 0.250. The van der Waals surface area contributed by atoms with Gasteiger partial charge in [-0.1, -0.05) is 18.2 Å². The van der Waals surface area contributed by atoms with Gasteiger partial charge in [-0.3, -0.25) is 0 Å². The van der Waals surface area contributed by atoms with Crippen molar-refractivity contribution >= 4 is 0 Å². The molecule has 0 aliphatic heterocycles. The number of benzene rings is 2. The Hall–Kier alpha value is -1.94. The van der Waals surface area contributed by atoms with Crippen molar-refractivity contribution in [1.29, 1.82) is 0 Å². The maximum atomic E-state index is 13.0. The average molecular weight is 277 g/mol. The van der Waals surface area contributed by atoms with Crippen LogP contribution in [0.3, 0.4) is 0 Å². The van der Waals surface area contributed by atoms with Gasteiger partial charge >= 0.3 is 0 Å². The van der Waals surface area contributed by atoms with Crippen molar-refractivity contribution in [1.82, 2.24) is 0 Å². The van der Waals surface area contributed by atoms with Crippen LogP contribution in [-0.2, 0) is 13.0 Å². The minimum absolute atomic E-state index is 0.115. The van der Waals surface area contributed by atoms with Gasteiger partial charge in [-0.05, 0) is 48.7 Å². The van der Waals surface area contributed by atoms with Gasteiger partial charge in [0.25, 0.3) is 0 Å². The number of hydrogen-bond donors (Lipinski definition) is 1. The number of rotatable bonds is 5. The second-order valence-corrected chi connectivity index (χ2v) is 4.86. The van der Waals surface area contributed by atoms with E-state index in [1.165, 1.54) is 6.07 Å². The first-order valence-electron chi connectivity index (χ1n) is 6.46. The summed E-state index contributed by atoms with van der Waals surface area (Å²) in [5, 5.41) is 0. The predicted octanol–water partition coefficient (Wildman–Crippen LogP) is 3.43. The first kappa shape index (κ1) is 14.5. The van der Waals surface area contributed by atoms with E-state index >= 15 is 0 Å². The summed E-state index contributed by atoms with van der Waals surface area (Å²) in [5.41, 5.74) is 7.45. The molecule has 4 heteroatoms. The Kier molecular flexibility index (Phi) is 4.69. The Morgan fingerprint density at radius 1 is 1.00 bits per heavy atom. The number of ether oxygens (including phenoxy) is 1. The van der Waals surface area contributed by atoms with Crippen LogP contribution < -0.4 is 10.5 Å². The second-order valence-electron chi connectivity index (χ2n) is 4.86. The van der Waals surface area contributed by atoms with E-state index in [2.05, 4.69) is 0 Å². The molecule has 106 valence electrons. The predicted molar refractivity (Wildman–Crippen MR) is 74.5 cm³/mol. The molecule has 2 rings (SSSR count). The summed E-state index contributed by atoms with van der Waals surface area (Å²) in [7, 11) is 0. The summed E-state index contributed by atoms with van der Waals surface area (Å²) in [5.74, 6) is -1.03. The molecule has 0 amide bonds. The smallest absolute Gasteiger partial charge is 0.159 e. The van der Waals surface area contributed by atoms with Gasteiger partial charge in [-0.15, -0.1) is 0 Å². The van der Waals surface area contributed by atoms with E-state index in [4.69, 9.17) is 10.5 Å². The van der Waals surface area contributed by atoms with Crippen LogP contribution in [0.4, 0.5) is 8.78 Å². The van der Waals surface area contributed by atoms with Gasteiger partial charge in [0, 0.05) is 6.04 Å². The molecule has 1 atom stereocenters. The average Bonchev–Trinajstić information content (AvgIpc) is 2.41. The maximum Gasteiger partial charge on any atom is 0.159 e. The quantitative estimate of drug-likeness (QED) is 0.908. The Labute approximate surface area is 117 Å². The Bertz CT molecular complexity index is 567. The van der Waals surface area contributed by atoms with Gasteiger partial charge < -0.3 is 10.5 Å². The van der Waals surface area contributed by atoms with E-state index in [0.29, 0.717) is 11.3 Å². The molecular weight excluding hydrogens is 260 g/mol. The summed E-state index contributed by atoms with van der Waals surface area (Å²) in [6.45, 7) is 2.15. The first-order valence-corrected chi connectivity index (χ1v) is 6.46. The van der Waals surface area contributed by atoms with E-state index < -0.39 is 11.6 Å². The Morgan fingerprint density at radius 3 is 2.25 bits per heavy atom. The number of halogens is 2. The van der Waals surface area contributed by atoms with Crippen molar-refractivity contribution in [3.63, 3.8) is 0 Å². The minimum Gasteiger partial charge on any atom is -0.489 e. The highest BCUT2D eigenvalue weighted by atomic mass is 19.2. The molecule has 0 heterocycles. The van der Waals surface area contributed by atoms with Crippen LogP contribution in [0.25, 0.3) is 0 Å². The molecule has 2 aromatic rings. The second kappa shape index (κ2) is 6.48. The molecule has 0 radical (unpaired) electrons. The van der Waals surface area contributed by atoms with E-state index in [1.807, 2.05) is 31.2 Å². The van der Waals surface area contributed by atoms with Crippen LogP contribution >= 0.6 is 0 Å². The molecule has 2 N–H and O–H groups in total.